The van der Waals surface area contributed by atoms with Gasteiger partial charge < -0.3 is 15.2 Å². The molecule has 0 saturated carbocycles. The summed E-state index contributed by atoms with van der Waals surface area (Å²) in [5.74, 6) is -1.33. The van der Waals surface area contributed by atoms with Crippen LogP contribution in [-0.4, -0.2) is 36.7 Å². The number of rotatable bonds is 7. The SMILES string of the molecule is O=C(O)COCC(=O)NCCC1=CCCCC1. The maximum atomic E-state index is 11.2. The molecule has 17 heavy (non-hydrogen) atoms. The third-order valence-electron chi connectivity index (χ3n) is 2.61. The van der Waals surface area contributed by atoms with E-state index in [4.69, 9.17) is 5.11 Å². The molecule has 0 atom stereocenters. The molecule has 0 unspecified atom stereocenters. The fourth-order valence-corrected chi connectivity index (χ4v) is 1.78. The van der Waals surface area contributed by atoms with Crippen LogP contribution in [0.1, 0.15) is 32.1 Å². The van der Waals surface area contributed by atoms with Gasteiger partial charge in [-0.15, -0.1) is 0 Å². The number of nitrogens with one attached hydrogen (secondary N) is 1. The van der Waals surface area contributed by atoms with Crippen molar-refractivity contribution < 1.29 is 19.4 Å². The van der Waals surface area contributed by atoms with Crippen LogP contribution in [0.2, 0.25) is 0 Å². The minimum absolute atomic E-state index is 0.189. The van der Waals surface area contributed by atoms with E-state index in [1.54, 1.807) is 0 Å². The number of carboxylic acids is 1. The summed E-state index contributed by atoms with van der Waals surface area (Å²) in [5, 5.41) is 11.0. The Balaban J connectivity index is 2.03. The molecule has 0 fully saturated rings. The van der Waals surface area contributed by atoms with Gasteiger partial charge in [0.25, 0.3) is 0 Å². The molecule has 0 aliphatic heterocycles. The fraction of sp³-hybridized carbons (Fsp3) is 0.667. The second kappa shape index (κ2) is 7.84. The van der Waals surface area contributed by atoms with Gasteiger partial charge in [0.2, 0.25) is 5.91 Å². The van der Waals surface area contributed by atoms with Crippen molar-refractivity contribution in [2.75, 3.05) is 19.8 Å². The van der Waals surface area contributed by atoms with Gasteiger partial charge >= 0.3 is 5.97 Å². The van der Waals surface area contributed by atoms with Crippen molar-refractivity contribution in [3.05, 3.63) is 11.6 Å². The fourth-order valence-electron chi connectivity index (χ4n) is 1.78. The molecule has 5 heteroatoms. The summed E-state index contributed by atoms with van der Waals surface area (Å²) in [6.45, 7) is -0.0228. The highest BCUT2D eigenvalue weighted by Crippen LogP contribution is 2.19. The standard InChI is InChI=1S/C12H19NO4/c14-11(8-17-9-12(15)16)13-7-6-10-4-2-1-3-5-10/h4H,1-3,5-9H2,(H,13,14)(H,15,16). The molecule has 0 radical (unpaired) electrons. The summed E-state index contributed by atoms with van der Waals surface area (Å²) in [4.78, 5) is 21.4. The average molecular weight is 241 g/mol. The first kappa shape index (κ1) is 13.7. The van der Waals surface area contributed by atoms with E-state index in [0.717, 1.165) is 19.3 Å². The third-order valence-corrected chi connectivity index (χ3v) is 2.61. The second-order valence-corrected chi connectivity index (χ2v) is 4.09. The average Bonchev–Trinajstić information content (AvgIpc) is 2.30. The zero-order valence-electron chi connectivity index (χ0n) is 9.91. The highest BCUT2D eigenvalue weighted by molar-refractivity contribution is 5.77. The summed E-state index contributed by atoms with van der Waals surface area (Å²) >= 11 is 0. The quantitative estimate of drug-likeness (QED) is 0.654. The lowest BCUT2D eigenvalue weighted by Gasteiger charge is -2.12. The summed E-state index contributed by atoms with van der Waals surface area (Å²) in [7, 11) is 0. The van der Waals surface area contributed by atoms with Crippen LogP contribution < -0.4 is 5.32 Å². The Morgan fingerprint density at radius 1 is 1.35 bits per heavy atom. The van der Waals surface area contributed by atoms with Gasteiger partial charge in [0.15, 0.2) is 0 Å². The van der Waals surface area contributed by atoms with Gasteiger partial charge in [-0.25, -0.2) is 4.79 Å². The van der Waals surface area contributed by atoms with Crippen molar-refractivity contribution in [2.45, 2.75) is 32.1 Å². The van der Waals surface area contributed by atoms with Crippen LogP contribution in [0.5, 0.6) is 0 Å². The predicted molar refractivity (Wildman–Crippen MR) is 62.6 cm³/mol. The van der Waals surface area contributed by atoms with E-state index >= 15 is 0 Å². The van der Waals surface area contributed by atoms with Gasteiger partial charge in [0, 0.05) is 6.54 Å². The molecule has 96 valence electrons. The highest BCUT2D eigenvalue weighted by Gasteiger charge is 2.06. The number of hydrogen-bond acceptors (Lipinski definition) is 3. The van der Waals surface area contributed by atoms with E-state index in [-0.39, 0.29) is 12.5 Å². The Labute approximate surface area is 101 Å². The van der Waals surface area contributed by atoms with Gasteiger partial charge in [0.1, 0.15) is 13.2 Å². The van der Waals surface area contributed by atoms with Crippen LogP contribution in [0.15, 0.2) is 11.6 Å². The molecular formula is C12H19NO4. The minimum Gasteiger partial charge on any atom is -0.480 e. The van der Waals surface area contributed by atoms with Crippen molar-refractivity contribution in [3.63, 3.8) is 0 Å². The van der Waals surface area contributed by atoms with Crippen LogP contribution in [-0.2, 0) is 14.3 Å². The third kappa shape index (κ3) is 6.73. The molecule has 0 aromatic carbocycles. The van der Waals surface area contributed by atoms with E-state index in [1.165, 1.54) is 18.4 Å². The molecule has 1 rings (SSSR count). The summed E-state index contributed by atoms with van der Waals surface area (Å²) in [6, 6.07) is 0. The minimum atomic E-state index is -1.06. The Morgan fingerprint density at radius 2 is 2.18 bits per heavy atom. The zero-order chi connectivity index (χ0) is 12.5. The van der Waals surface area contributed by atoms with Gasteiger partial charge in [-0.1, -0.05) is 11.6 Å². The molecule has 0 heterocycles. The smallest absolute Gasteiger partial charge is 0.329 e. The Bertz CT molecular complexity index is 299. The number of carbonyl (C=O) groups is 2. The van der Waals surface area contributed by atoms with E-state index in [2.05, 4.69) is 16.1 Å². The van der Waals surface area contributed by atoms with E-state index < -0.39 is 12.6 Å². The number of allylic oxidation sites excluding steroid dienone is 1. The van der Waals surface area contributed by atoms with Gasteiger partial charge in [-0.2, -0.15) is 0 Å². The summed E-state index contributed by atoms with van der Waals surface area (Å²) < 4.78 is 4.67. The monoisotopic (exact) mass is 241 g/mol. The second-order valence-electron chi connectivity index (χ2n) is 4.09. The molecule has 0 saturated heterocycles. The number of carbonyl (C=O) groups excluding carboxylic acids is 1. The van der Waals surface area contributed by atoms with Crippen LogP contribution in [0, 0.1) is 0 Å². The largest absolute Gasteiger partial charge is 0.480 e. The maximum Gasteiger partial charge on any atom is 0.329 e. The first-order valence-electron chi connectivity index (χ1n) is 5.92. The lowest BCUT2D eigenvalue weighted by molar-refractivity contribution is -0.143. The molecule has 0 bridgehead atoms. The van der Waals surface area contributed by atoms with Crippen molar-refractivity contribution in [3.8, 4) is 0 Å². The van der Waals surface area contributed by atoms with Crippen LogP contribution in [0.3, 0.4) is 0 Å². The molecule has 5 nitrogen and oxygen atoms in total. The number of ether oxygens (including phenoxy) is 1. The van der Waals surface area contributed by atoms with Crippen LogP contribution in [0.4, 0.5) is 0 Å². The molecule has 0 spiro atoms. The van der Waals surface area contributed by atoms with Crippen molar-refractivity contribution in [1.82, 2.24) is 5.32 Å². The van der Waals surface area contributed by atoms with Gasteiger partial charge in [0.05, 0.1) is 0 Å². The Kier molecular flexibility index (Phi) is 6.32. The van der Waals surface area contributed by atoms with Crippen molar-refractivity contribution >= 4 is 11.9 Å². The molecule has 0 aromatic rings. The summed E-state index contributed by atoms with van der Waals surface area (Å²) in [5.41, 5.74) is 1.41. The van der Waals surface area contributed by atoms with Crippen molar-refractivity contribution in [2.24, 2.45) is 0 Å². The maximum absolute atomic E-state index is 11.2. The zero-order valence-corrected chi connectivity index (χ0v) is 9.91. The van der Waals surface area contributed by atoms with E-state index in [0.29, 0.717) is 6.54 Å². The number of aliphatic carboxylic acids is 1. The Morgan fingerprint density at radius 3 is 2.82 bits per heavy atom. The number of carboxylic acid groups (broad SMARTS) is 1. The molecule has 0 aromatic heterocycles. The van der Waals surface area contributed by atoms with Gasteiger partial charge in [-0.05, 0) is 32.1 Å². The van der Waals surface area contributed by atoms with Crippen LogP contribution in [0.25, 0.3) is 0 Å². The van der Waals surface area contributed by atoms with Gasteiger partial charge in [-0.3, -0.25) is 4.79 Å². The van der Waals surface area contributed by atoms with E-state index in [1.807, 2.05) is 0 Å². The topological polar surface area (TPSA) is 75.6 Å². The lowest BCUT2D eigenvalue weighted by atomic mass is 9.97. The Hall–Kier alpha value is -1.36. The molecule has 1 aliphatic carbocycles. The number of hydrogen-bond donors (Lipinski definition) is 2. The molecular weight excluding hydrogens is 222 g/mol. The molecule has 1 aliphatic rings. The predicted octanol–water partition coefficient (Wildman–Crippen LogP) is 1.09. The summed E-state index contributed by atoms with van der Waals surface area (Å²) in [6.07, 6.45) is 7.90. The molecule has 1 amide bonds. The highest BCUT2D eigenvalue weighted by atomic mass is 16.5. The normalized spacial score (nSPS) is 15.2. The van der Waals surface area contributed by atoms with Crippen LogP contribution >= 0.6 is 0 Å². The first-order valence-corrected chi connectivity index (χ1v) is 5.92. The lowest BCUT2D eigenvalue weighted by Crippen LogP contribution is -2.29. The van der Waals surface area contributed by atoms with Crippen molar-refractivity contribution in [1.29, 1.82) is 0 Å². The first-order chi connectivity index (χ1) is 8.18. The number of amides is 1. The molecule has 2 N–H and O–H groups in total. The van der Waals surface area contributed by atoms with E-state index in [9.17, 15) is 9.59 Å².